The SMILES string of the molecule is c1ccc(-c2ccc(N(c3ccc(-c4cc5ccccc5c5ccccc45)cc3)c3cccc4c3oc3c(-c5ccccc5)ccc(-c5ccccc5)c34)cc2)cc1. The molecule has 2 heteroatoms. The van der Waals surface area contributed by atoms with E-state index in [0.29, 0.717) is 0 Å². The fourth-order valence-electron chi connectivity index (χ4n) is 8.71. The highest BCUT2D eigenvalue weighted by Gasteiger charge is 2.23. The predicted octanol–water partition coefficient (Wildman–Crippen LogP) is 16.0. The number of nitrogens with zero attached hydrogens (tertiary/aromatic N) is 1. The third-order valence-corrected chi connectivity index (χ3v) is 11.5. The van der Waals surface area contributed by atoms with Crippen molar-refractivity contribution in [2.45, 2.75) is 0 Å². The lowest BCUT2D eigenvalue weighted by atomic mass is 9.93. The topological polar surface area (TPSA) is 16.4 Å². The van der Waals surface area contributed by atoms with Crippen molar-refractivity contribution in [3.05, 3.63) is 224 Å². The van der Waals surface area contributed by atoms with Gasteiger partial charge in [0.05, 0.1) is 5.69 Å². The van der Waals surface area contributed by atoms with Crippen molar-refractivity contribution in [2.75, 3.05) is 4.90 Å². The Balaban J connectivity index is 1.12. The molecule has 0 aliphatic heterocycles. The molecule has 58 heavy (non-hydrogen) atoms. The van der Waals surface area contributed by atoms with Crippen LogP contribution < -0.4 is 4.90 Å². The van der Waals surface area contributed by atoms with E-state index in [1.54, 1.807) is 0 Å². The Morgan fingerprint density at radius 3 is 1.45 bits per heavy atom. The van der Waals surface area contributed by atoms with Gasteiger partial charge in [0.25, 0.3) is 0 Å². The molecule has 0 aliphatic rings. The van der Waals surface area contributed by atoms with Crippen LogP contribution in [-0.2, 0) is 0 Å². The first kappa shape index (κ1) is 33.6. The normalized spacial score (nSPS) is 11.4. The molecule has 0 amide bonds. The minimum atomic E-state index is 0.842. The summed E-state index contributed by atoms with van der Waals surface area (Å²) in [6.07, 6.45) is 0. The van der Waals surface area contributed by atoms with E-state index in [1.807, 2.05) is 0 Å². The minimum absolute atomic E-state index is 0.842. The maximum absolute atomic E-state index is 7.19. The first-order valence-corrected chi connectivity index (χ1v) is 19.8. The molecule has 10 aromatic carbocycles. The summed E-state index contributed by atoms with van der Waals surface area (Å²) in [6.45, 7) is 0. The van der Waals surface area contributed by atoms with Gasteiger partial charge in [0.2, 0.25) is 0 Å². The molecular weight excluding hydrogens is 703 g/mol. The van der Waals surface area contributed by atoms with Crippen LogP contribution in [0.2, 0.25) is 0 Å². The summed E-state index contributed by atoms with van der Waals surface area (Å²) in [7, 11) is 0. The van der Waals surface area contributed by atoms with Gasteiger partial charge in [-0.05, 0) is 103 Å². The summed E-state index contributed by atoms with van der Waals surface area (Å²) < 4.78 is 7.19. The molecule has 1 aromatic heterocycles. The molecule has 1 heterocycles. The van der Waals surface area contributed by atoms with E-state index in [9.17, 15) is 0 Å². The highest BCUT2D eigenvalue weighted by Crippen LogP contribution is 2.47. The number of hydrogen-bond acceptors (Lipinski definition) is 2. The van der Waals surface area contributed by atoms with Crippen LogP contribution in [0.1, 0.15) is 0 Å². The van der Waals surface area contributed by atoms with Crippen molar-refractivity contribution in [2.24, 2.45) is 0 Å². The summed E-state index contributed by atoms with van der Waals surface area (Å²) in [5.41, 5.74) is 14.0. The Morgan fingerprint density at radius 1 is 0.293 bits per heavy atom. The number of para-hydroxylation sites is 1. The van der Waals surface area contributed by atoms with Gasteiger partial charge in [-0.1, -0.05) is 182 Å². The van der Waals surface area contributed by atoms with Crippen LogP contribution in [0.3, 0.4) is 0 Å². The maximum Gasteiger partial charge on any atom is 0.159 e. The predicted molar refractivity (Wildman–Crippen MR) is 245 cm³/mol. The van der Waals surface area contributed by atoms with Crippen LogP contribution in [0.25, 0.3) is 88.0 Å². The van der Waals surface area contributed by atoms with Gasteiger partial charge in [-0.15, -0.1) is 0 Å². The van der Waals surface area contributed by atoms with Crippen molar-refractivity contribution in [1.29, 1.82) is 0 Å². The van der Waals surface area contributed by atoms with Gasteiger partial charge < -0.3 is 9.32 Å². The van der Waals surface area contributed by atoms with Gasteiger partial charge >= 0.3 is 0 Å². The number of benzene rings is 10. The van der Waals surface area contributed by atoms with Crippen LogP contribution in [0.15, 0.2) is 229 Å². The van der Waals surface area contributed by atoms with E-state index in [4.69, 9.17) is 4.42 Å². The van der Waals surface area contributed by atoms with E-state index < -0.39 is 0 Å². The van der Waals surface area contributed by atoms with E-state index in [-0.39, 0.29) is 0 Å². The van der Waals surface area contributed by atoms with Crippen molar-refractivity contribution < 1.29 is 4.42 Å². The molecule has 2 nitrogen and oxygen atoms in total. The highest BCUT2D eigenvalue weighted by molar-refractivity contribution is 6.19. The minimum Gasteiger partial charge on any atom is -0.453 e. The first-order valence-electron chi connectivity index (χ1n) is 19.8. The molecular formula is C56H37NO. The van der Waals surface area contributed by atoms with Crippen molar-refractivity contribution in [3.8, 4) is 44.5 Å². The van der Waals surface area contributed by atoms with E-state index in [2.05, 4.69) is 229 Å². The lowest BCUT2D eigenvalue weighted by Gasteiger charge is -2.26. The number of hydrogen-bond donors (Lipinski definition) is 0. The van der Waals surface area contributed by atoms with Crippen molar-refractivity contribution >= 4 is 60.5 Å². The van der Waals surface area contributed by atoms with Gasteiger partial charge in [-0.2, -0.15) is 0 Å². The van der Waals surface area contributed by atoms with Crippen LogP contribution in [-0.4, -0.2) is 0 Å². The maximum atomic E-state index is 7.19. The van der Waals surface area contributed by atoms with Crippen LogP contribution in [0, 0.1) is 0 Å². The van der Waals surface area contributed by atoms with Gasteiger partial charge in [0.1, 0.15) is 5.58 Å². The zero-order valence-corrected chi connectivity index (χ0v) is 31.7. The van der Waals surface area contributed by atoms with Gasteiger partial charge in [-0.3, -0.25) is 0 Å². The molecule has 0 aliphatic carbocycles. The molecule has 272 valence electrons. The van der Waals surface area contributed by atoms with Crippen LogP contribution in [0.4, 0.5) is 17.1 Å². The fourth-order valence-corrected chi connectivity index (χ4v) is 8.71. The van der Waals surface area contributed by atoms with E-state index >= 15 is 0 Å². The number of furan rings is 1. The fraction of sp³-hybridized carbons (Fsp3) is 0. The smallest absolute Gasteiger partial charge is 0.159 e. The molecule has 0 saturated carbocycles. The average molecular weight is 740 g/mol. The summed E-state index contributed by atoms with van der Waals surface area (Å²) >= 11 is 0. The Kier molecular flexibility index (Phi) is 8.19. The molecule has 0 spiro atoms. The number of anilines is 3. The standard InChI is InChI=1S/C56H37NO/c1-4-15-38(16-5-1)39-27-31-44(32-28-39)57(45-33-29-42(30-34-45)52-37-43-21-10-11-22-46(43)49-23-12-13-24-50(49)52)53-26-14-25-51-54-47(40-17-6-2-7-18-40)35-36-48(56(54)58-55(51)53)41-19-8-3-9-20-41/h1-37H. The second kappa shape index (κ2) is 14.1. The first-order chi connectivity index (χ1) is 28.8. The molecule has 0 bridgehead atoms. The zero-order valence-electron chi connectivity index (χ0n) is 31.7. The molecule has 11 rings (SSSR count). The molecule has 0 saturated heterocycles. The van der Waals surface area contributed by atoms with Crippen LogP contribution in [0.5, 0.6) is 0 Å². The molecule has 0 fully saturated rings. The number of rotatable bonds is 7. The largest absolute Gasteiger partial charge is 0.453 e. The lowest BCUT2D eigenvalue weighted by Crippen LogP contribution is -2.10. The van der Waals surface area contributed by atoms with Gasteiger partial charge in [0.15, 0.2) is 5.58 Å². The molecule has 0 N–H and O–H groups in total. The Hall–Kier alpha value is -7.68. The number of fused-ring (bicyclic) bond motifs is 6. The van der Waals surface area contributed by atoms with E-state index in [0.717, 1.165) is 61.3 Å². The Labute approximate surface area is 337 Å². The Bertz CT molecular complexity index is 3240. The van der Waals surface area contributed by atoms with Gasteiger partial charge in [0, 0.05) is 27.7 Å². The lowest BCUT2D eigenvalue weighted by molar-refractivity contribution is 0.670. The average Bonchev–Trinajstić information content (AvgIpc) is 3.71. The van der Waals surface area contributed by atoms with Gasteiger partial charge in [-0.25, -0.2) is 0 Å². The summed E-state index contributed by atoms with van der Waals surface area (Å²) in [6, 6.07) is 80.4. The van der Waals surface area contributed by atoms with E-state index in [1.165, 1.54) is 43.8 Å². The second-order valence-electron chi connectivity index (χ2n) is 14.8. The monoisotopic (exact) mass is 739 g/mol. The quantitative estimate of drug-likeness (QED) is 0.151. The Morgan fingerprint density at radius 2 is 0.776 bits per heavy atom. The molecule has 0 atom stereocenters. The van der Waals surface area contributed by atoms with Crippen LogP contribution >= 0.6 is 0 Å². The second-order valence-corrected chi connectivity index (χ2v) is 14.8. The molecule has 11 aromatic rings. The third kappa shape index (κ3) is 5.74. The zero-order chi connectivity index (χ0) is 38.4. The molecule has 0 unspecified atom stereocenters. The summed E-state index contributed by atoms with van der Waals surface area (Å²) in [5, 5.41) is 7.21. The third-order valence-electron chi connectivity index (χ3n) is 11.5. The molecule has 0 radical (unpaired) electrons. The summed E-state index contributed by atoms with van der Waals surface area (Å²) in [5.74, 6) is 0. The summed E-state index contributed by atoms with van der Waals surface area (Å²) in [4.78, 5) is 2.34. The highest BCUT2D eigenvalue weighted by atomic mass is 16.3. The van der Waals surface area contributed by atoms with Crippen molar-refractivity contribution in [3.63, 3.8) is 0 Å². The van der Waals surface area contributed by atoms with Crippen molar-refractivity contribution in [1.82, 2.24) is 0 Å².